The molecule has 0 aliphatic carbocycles. The molecule has 0 saturated heterocycles. The molecule has 120 valence electrons. The lowest BCUT2D eigenvalue weighted by atomic mass is 10.1. The second-order valence-corrected chi connectivity index (χ2v) is 5.27. The Morgan fingerprint density at radius 2 is 0.957 bits per heavy atom. The Labute approximate surface area is 134 Å². The first-order chi connectivity index (χ1) is 11.0. The zero-order valence-corrected chi connectivity index (χ0v) is 12.6. The van der Waals surface area contributed by atoms with Crippen molar-refractivity contribution in [3.63, 3.8) is 0 Å². The van der Waals surface area contributed by atoms with Crippen molar-refractivity contribution in [2.45, 2.75) is 26.1 Å². The van der Waals surface area contributed by atoms with E-state index in [-0.39, 0.29) is 12.8 Å². The number of carboxylic acids is 2. The van der Waals surface area contributed by atoms with Gasteiger partial charge in [0.25, 0.3) is 0 Å². The van der Waals surface area contributed by atoms with Crippen molar-refractivity contribution < 1.29 is 24.5 Å². The van der Waals surface area contributed by atoms with E-state index in [0.717, 1.165) is 22.3 Å². The number of rotatable bonds is 8. The van der Waals surface area contributed by atoms with Gasteiger partial charge in [-0.25, -0.2) is 0 Å². The molecule has 0 bridgehead atoms. The van der Waals surface area contributed by atoms with Crippen molar-refractivity contribution in [1.29, 1.82) is 0 Å². The molecule has 5 nitrogen and oxygen atoms in total. The first-order valence-electron chi connectivity index (χ1n) is 7.20. The van der Waals surface area contributed by atoms with Crippen LogP contribution in [-0.4, -0.2) is 22.2 Å². The SMILES string of the molecule is O=C(O)Cc1ccc(COCc2ccc(CC(=O)O)cc2)cc1. The van der Waals surface area contributed by atoms with E-state index < -0.39 is 11.9 Å². The highest BCUT2D eigenvalue weighted by molar-refractivity contribution is 5.70. The average molecular weight is 314 g/mol. The van der Waals surface area contributed by atoms with Crippen LogP contribution in [0.5, 0.6) is 0 Å². The van der Waals surface area contributed by atoms with E-state index in [4.69, 9.17) is 14.9 Å². The molecule has 5 heteroatoms. The summed E-state index contributed by atoms with van der Waals surface area (Å²) in [5, 5.41) is 17.4. The van der Waals surface area contributed by atoms with Crippen molar-refractivity contribution in [2.24, 2.45) is 0 Å². The van der Waals surface area contributed by atoms with E-state index in [9.17, 15) is 9.59 Å². The highest BCUT2D eigenvalue weighted by Crippen LogP contribution is 2.10. The molecule has 2 aromatic carbocycles. The predicted molar refractivity (Wildman–Crippen MR) is 84.1 cm³/mol. The molecule has 0 radical (unpaired) electrons. The Hall–Kier alpha value is -2.66. The van der Waals surface area contributed by atoms with Crippen molar-refractivity contribution in [3.8, 4) is 0 Å². The van der Waals surface area contributed by atoms with Crippen LogP contribution in [-0.2, 0) is 40.4 Å². The molecule has 0 heterocycles. The van der Waals surface area contributed by atoms with Gasteiger partial charge in [-0.2, -0.15) is 0 Å². The third-order valence-corrected chi connectivity index (χ3v) is 3.29. The van der Waals surface area contributed by atoms with E-state index in [0.29, 0.717) is 13.2 Å². The summed E-state index contributed by atoms with van der Waals surface area (Å²) in [5.41, 5.74) is 3.47. The van der Waals surface area contributed by atoms with Crippen LogP contribution in [0.2, 0.25) is 0 Å². The fourth-order valence-corrected chi connectivity index (χ4v) is 2.14. The molecule has 0 fully saturated rings. The van der Waals surface area contributed by atoms with Gasteiger partial charge in [-0.3, -0.25) is 9.59 Å². The van der Waals surface area contributed by atoms with Gasteiger partial charge in [-0.15, -0.1) is 0 Å². The zero-order valence-electron chi connectivity index (χ0n) is 12.6. The molecule has 23 heavy (non-hydrogen) atoms. The topological polar surface area (TPSA) is 83.8 Å². The molecular formula is C18H18O5. The summed E-state index contributed by atoms with van der Waals surface area (Å²) >= 11 is 0. The fourth-order valence-electron chi connectivity index (χ4n) is 2.14. The van der Waals surface area contributed by atoms with Crippen LogP contribution in [0.1, 0.15) is 22.3 Å². The van der Waals surface area contributed by atoms with Crippen LogP contribution in [0.4, 0.5) is 0 Å². The summed E-state index contributed by atoms with van der Waals surface area (Å²) in [4.78, 5) is 21.2. The Balaban J connectivity index is 1.80. The van der Waals surface area contributed by atoms with Crippen LogP contribution in [0.15, 0.2) is 48.5 Å². The molecule has 0 spiro atoms. The summed E-state index contributed by atoms with van der Waals surface area (Å²) < 4.78 is 5.62. The highest BCUT2D eigenvalue weighted by Gasteiger charge is 2.02. The van der Waals surface area contributed by atoms with Gasteiger partial charge < -0.3 is 14.9 Å². The lowest BCUT2D eigenvalue weighted by Gasteiger charge is -2.06. The standard InChI is InChI=1S/C18H18O5/c19-17(20)9-13-1-5-15(6-2-13)11-23-12-16-7-3-14(4-8-16)10-18(21)22/h1-8H,9-12H2,(H,19,20)(H,21,22). The summed E-state index contributed by atoms with van der Waals surface area (Å²) in [6, 6.07) is 14.6. The van der Waals surface area contributed by atoms with Crippen molar-refractivity contribution in [3.05, 3.63) is 70.8 Å². The molecule has 0 saturated carbocycles. The molecule has 0 aliphatic heterocycles. The quantitative estimate of drug-likeness (QED) is 0.782. The van der Waals surface area contributed by atoms with Gasteiger partial charge in [0.1, 0.15) is 0 Å². The number of aliphatic carboxylic acids is 2. The van der Waals surface area contributed by atoms with E-state index in [1.54, 1.807) is 24.3 Å². The minimum absolute atomic E-state index is 0.0177. The van der Waals surface area contributed by atoms with Crippen molar-refractivity contribution in [2.75, 3.05) is 0 Å². The van der Waals surface area contributed by atoms with Crippen molar-refractivity contribution >= 4 is 11.9 Å². The minimum atomic E-state index is -0.847. The molecule has 0 aromatic heterocycles. The van der Waals surface area contributed by atoms with Crippen LogP contribution in [0.25, 0.3) is 0 Å². The van der Waals surface area contributed by atoms with Gasteiger partial charge in [-0.1, -0.05) is 48.5 Å². The monoisotopic (exact) mass is 314 g/mol. The average Bonchev–Trinajstić information content (AvgIpc) is 2.50. The number of carbonyl (C=O) groups is 2. The largest absolute Gasteiger partial charge is 0.481 e. The summed E-state index contributed by atoms with van der Waals surface area (Å²) in [6.45, 7) is 0.870. The molecule has 0 atom stereocenters. The lowest BCUT2D eigenvalue weighted by molar-refractivity contribution is -0.137. The maximum atomic E-state index is 10.6. The highest BCUT2D eigenvalue weighted by atomic mass is 16.5. The third-order valence-electron chi connectivity index (χ3n) is 3.29. The lowest BCUT2D eigenvalue weighted by Crippen LogP contribution is -2.01. The minimum Gasteiger partial charge on any atom is -0.481 e. The van der Waals surface area contributed by atoms with E-state index in [2.05, 4.69) is 0 Å². The zero-order chi connectivity index (χ0) is 16.7. The number of hydrogen-bond acceptors (Lipinski definition) is 3. The van der Waals surface area contributed by atoms with Crippen LogP contribution in [0, 0.1) is 0 Å². The molecule has 0 unspecified atom stereocenters. The van der Waals surface area contributed by atoms with Crippen LogP contribution < -0.4 is 0 Å². The molecule has 0 amide bonds. The van der Waals surface area contributed by atoms with Crippen molar-refractivity contribution in [1.82, 2.24) is 0 Å². The van der Waals surface area contributed by atoms with E-state index in [1.165, 1.54) is 0 Å². The summed E-state index contributed by atoms with van der Waals surface area (Å²) in [6.07, 6.45) is 0.0354. The smallest absolute Gasteiger partial charge is 0.307 e. The number of carboxylic acid groups (broad SMARTS) is 2. The normalized spacial score (nSPS) is 10.4. The second kappa shape index (κ2) is 8.10. The van der Waals surface area contributed by atoms with Gasteiger partial charge in [-0.05, 0) is 22.3 Å². The maximum absolute atomic E-state index is 10.6. The predicted octanol–water partition coefficient (Wildman–Crippen LogP) is 2.66. The van der Waals surface area contributed by atoms with Gasteiger partial charge >= 0.3 is 11.9 Å². The number of benzene rings is 2. The Morgan fingerprint density at radius 1 is 0.652 bits per heavy atom. The molecule has 2 aromatic rings. The van der Waals surface area contributed by atoms with Gasteiger partial charge in [0.15, 0.2) is 0 Å². The molecule has 0 aliphatic rings. The van der Waals surface area contributed by atoms with Gasteiger partial charge in [0.05, 0.1) is 26.1 Å². The number of ether oxygens (including phenoxy) is 1. The maximum Gasteiger partial charge on any atom is 0.307 e. The Kier molecular flexibility index (Phi) is 5.88. The molecule has 2 N–H and O–H groups in total. The summed E-state index contributed by atoms with van der Waals surface area (Å²) in [5.74, 6) is -1.69. The summed E-state index contributed by atoms with van der Waals surface area (Å²) in [7, 11) is 0. The van der Waals surface area contributed by atoms with Gasteiger partial charge in [0.2, 0.25) is 0 Å². The number of hydrogen-bond donors (Lipinski definition) is 2. The third kappa shape index (κ3) is 5.92. The van der Waals surface area contributed by atoms with E-state index in [1.807, 2.05) is 24.3 Å². The Bertz CT molecular complexity index is 599. The fraction of sp³-hybridized carbons (Fsp3) is 0.222. The Morgan fingerprint density at radius 3 is 1.26 bits per heavy atom. The van der Waals surface area contributed by atoms with E-state index >= 15 is 0 Å². The molecule has 2 rings (SSSR count). The molecular weight excluding hydrogens is 296 g/mol. The van der Waals surface area contributed by atoms with Crippen LogP contribution in [0.3, 0.4) is 0 Å². The first-order valence-corrected chi connectivity index (χ1v) is 7.20. The van der Waals surface area contributed by atoms with Gasteiger partial charge in [0, 0.05) is 0 Å². The second-order valence-electron chi connectivity index (χ2n) is 5.27. The first kappa shape index (κ1) is 16.7. The van der Waals surface area contributed by atoms with Crippen LogP contribution >= 0.6 is 0 Å².